The molecule has 1 saturated carbocycles. The van der Waals surface area contributed by atoms with E-state index in [1.807, 2.05) is 122 Å². The molecule has 0 unspecified atom stereocenters. The van der Waals surface area contributed by atoms with Crippen molar-refractivity contribution in [3.8, 4) is 112 Å². The van der Waals surface area contributed by atoms with E-state index < -0.39 is 24.0 Å². The maximum Gasteiger partial charge on any atom is 0.300 e. The van der Waals surface area contributed by atoms with Crippen molar-refractivity contribution >= 4 is 101 Å². The van der Waals surface area contributed by atoms with Crippen molar-refractivity contribution in [2.24, 2.45) is 20.0 Å². The number of aliphatic imine (C=N–C) groups is 4. The normalized spacial score (nSPS) is 14.0. The van der Waals surface area contributed by atoms with Crippen LogP contribution in [0.2, 0.25) is 0 Å². The number of aromatic hydroxyl groups is 4. The van der Waals surface area contributed by atoms with Gasteiger partial charge in [0.05, 0.1) is 12.1 Å². The summed E-state index contributed by atoms with van der Waals surface area (Å²) < 4.78 is 0. The third-order valence-electron chi connectivity index (χ3n) is 27.7. The Morgan fingerprint density at radius 2 is 0.500 bits per heavy atom. The molecule has 23 rings (SSSR count). The van der Waals surface area contributed by atoms with E-state index in [1.165, 1.54) is 22.3 Å². The molecule has 12 nitrogen and oxygen atoms in total. The van der Waals surface area contributed by atoms with Crippen LogP contribution in [0.1, 0.15) is 107 Å². The molecule has 4 atom stereocenters. The van der Waals surface area contributed by atoms with Crippen LogP contribution in [0.15, 0.2) is 445 Å². The topological polar surface area (TPSA) is 205 Å². The van der Waals surface area contributed by atoms with Crippen molar-refractivity contribution in [2.45, 2.75) is 89.4 Å². The maximum absolute atomic E-state index is 12.8. The molecule has 6 N–H and O–H groups in total. The Morgan fingerprint density at radius 1 is 0.267 bits per heavy atom. The summed E-state index contributed by atoms with van der Waals surface area (Å²) in [6.07, 6.45) is 23.6. The van der Waals surface area contributed by atoms with E-state index in [0.717, 1.165) is 230 Å². The molecule has 3 aliphatic carbocycles. The Kier molecular flexibility index (Phi) is 31.1. The fraction of sp³-hybridized carbons (Fsp3) is 0.106. The molecule has 0 aliphatic heterocycles. The van der Waals surface area contributed by atoms with Crippen LogP contribution in [-0.4, -0.2) is 79.5 Å². The number of phenolic OH excluding ortho intramolecular Hbond substituents is 4. The molecule has 1 fully saturated rings. The Bertz CT molecular complexity index is 8400. The van der Waals surface area contributed by atoms with Gasteiger partial charge in [-0.15, -0.1) is 0 Å². The Hall–Kier alpha value is -16.7. The predicted molar refractivity (Wildman–Crippen MR) is 595 cm³/mol. The van der Waals surface area contributed by atoms with E-state index in [-0.39, 0.29) is 69.2 Å². The molecule has 2 radical (unpaired) electrons. The zero-order chi connectivity index (χ0) is 98.5. The molecular formula is C132H106Mn2N4O8. The number of rotatable bonds is 19. The minimum Gasteiger partial charge on any atom is -0.507 e. The van der Waals surface area contributed by atoms with Crippen LogP contribution in [-0.2, 0) is 69.4 Å². The average Bonchev–Trinajstić information content (AvgIpc) is 0.751. The van der Waals surface area contributed by atoms with Gasteiger partial charge in [-0.05, 0) is 216 Å². The molecule has 3 aliphatic rings. The van der Waals surface area contributed by atoms with Gasteiger partial charge in [0.2, 0.25) is 0 Å². The van der Waals surface area contributed by atoms with Crippen LogP contribution >= 0.6 is 0 Å². The van der Waals surface area contributed by atoms with Crippen molar-refractivity contribution in [3.05, 3.63) is 480 Å². The molecule has 14 heteroatoms. The van der Waals surface area contributed by atoms with Gasteiger partial charge in [0.25, 0.3) is 11.9 Å². The number of carboxylic acid groups (broad SMARTS) is 2. The molecule has 0 saturated heterocycles. The quantitative estimate of drug-likeness (QED) is 0.0260. The van der Waals surface area contributed by atoms with Gasteiger partial charge in [-0.3, -0.25) is 29.6 Å². The number of aliphatic carboxylic acids is 2. The minimum absolute atomic E-state index is 0. The summed E-state index contributed by atoms with van der Waals surface area (Å²) in [6, 6.07) is 137. The van der Waals surface area contributed by atoms with Crippen LogP contribution in [0.5, 0.6) is 23.0 Å². The van der Waals surface area contributed by atoms with Crippen molar-refractivity contribution in [3.63, 3.8) is 0 Å². The van der Waals surface area contributed by atoms with Crippen molar-refractivity contribution in [1.29, 1.82) is 0 Å². The fourth-order valence-electron chi connectivity index (χ4n) is 21.1. The van der Waals surface area contributed by atoms with Gasteiger partial charge in [-0.2, -0.15) is 0 Å². The zero-order valence-corrected chi connectivity index (χ0v) is 83.1. The Balaban J connectivity index is 0.000000177. The average molecular weight is 1990 g/mol. The number of allylic oxidation sites excluding steroid dienone is 4. The van der Waals surface area contributed by atoms with Crippen molar-refractivity contribution in [1.82, 2.24) is 0 Å². The second-order valence-corrected chi connectivity index (χ2v) is 36.8. The summed E-state index contributed by atoms with van der Waals surface area (Å²) in [5.41, 5.74) is 25.6. The van der Waals surface area contributed by atoms with Crippen LogP contribution in [0.3, 0.4) is 0 Å². The van der Waals surface area contributed by atoms with Gasteiger partial charge in [-0.25, -0.2) is 0 Å². The maximum atomic E-state index is 12.8. The molecule has 146 heavy (non-hydrogen) atoms. The largest absolute Gasteiger partial charge is 0.507 e. The summed E-state index contributed by atoms with van der Waals surface area (Å²) in [5.74, 6) is -0.870. The Morgan fingerprint density at radius 3 is 0.801 bits per heavy atom. The first-order valence-electron chi connectivity index (χ1n) is 49.1. The third kappa shape index (κ3) is 21.1. The smallest absolute Gasteiger partial charge is 0.300 e. The van der Waals surface area contributed by atoms with Crippen LogP contribution in [0.25, 0.3) is 154 Å². The molecular weight excluding hydrogens is 1880 g/mol. The van der Waals surface area contributed by atoms with Crippen molar-refractivity contribution < 1.29 is 74.4 Å². The van der Waals surface area contributed by atoms with E-state index >= 15 is 0 Å². The van der Waals surface area contributed by atoms with Gasteiger partial charge >= 0.3 is 0 Å². The molecule has 0 bridgehead atoms. The summed E-state index contributed by atoms with van der Waals surface area (Å²) in [5, 5.41) is 77.8. The summed E-state index contributed by atoms with van der Waals surface area (Å²) in [6.45, 7) is 2.17. The number of carbonyl (C=O) groups is 2. The monoisotopic (exact) mass is 1980 g/mol. The SMILES string of the molecule is CC(=O)O.CC(=O)O.Oc1c(C=N[C@@H](c2ccccc2)[C@@H](N=Cc2cc3ccccc3c(-c3c(-c4ccccc4)ccc4ccccc34)c2O)c2ccccc2)cc2ccccc2c1-c1c(-c2ccccc2)ccc2c1CC=CC2.Oc1c(C=N[C@H]2CCCC[C@@H]2N=Cc2cc3ccccc3c(-c3c(-c4ccccc4)ccc4ccccc34)c2O)cc2ccccc2c1-c1c(-c2ccccc2)ccc2c1CC=CC2.[Mn].[Mn]. The van der Waals surface area contributed by atoms with Crippen molar-refractivity contribution in [2.75, 3.05) is 0 Å². The minimum atomic E-state index is -0.833. The third-order valence-corrected chi connectivity index (χ3v) is 27.7. The first kappa shape index (κ1) is 99.4. The molecule has 0 amide bonds. The van der Waals surface area contributed by atoms with Crippen LogP contribution < -0.4 is 0 Å². The molecule has 20 aromatic rings. The van der Waals surface area contributed by atoms with Gasteiger partial charge in [-0.1, -0.05) is 413 Å². The molecule has 716 valence electrons. The number of fused-ring (bicyclic) bond motifs is 8. The predicted octanol–water partition coefficient (Wildman–Crippen LogP) is 31.8. The Labute approximate surface area is 871 Å². The van der Waals surface area contributed by atoms with Gasteiger partial charge in [0, 0.05) is 128 Å². The summed E-state index contributed by atoms with van der Waals surface area (Å²) in [4.78, 5) is 39.4. The number of carboxylic acids is 2. The standard InChI is InChI=1S/C68H50N2O2.C60H48N2O2.2C2H4O2.2Mn/c71-67-53(41-51-31-15-19-35-57(51)63(67)61-55-33-17-13-25-47(55)37-39-59(61)45-21-5-1-6-22-45)43-69-65(49-27-9-3-10-28-49)66(50-29-11-4-12-30-50)70-44-54-42-52-32-16-20-36-58(52)64(68(54)72)62-56-34-18-14-26-48(56)38-40-60(62)46-23-7-2-8-24-46;63-59-45(35-43-23-9-13-27-49(43)57(59)55-47-25-11-7-21-41(47)31-33-51(55)39-17-3-1-4-18-39)37-61-53-29-15-16-30-54(53)62-38-46-36-44-24-10-14-28-50(44)58(60(46)64)56-48-26-12-8-22-42(48)32-34-52(56)40-19-5-2-6-20-40;2*1-2(3)4;;/h1-25,27-33,35-44,65-66,71-72H,26,34H2;1-14,17-21,23-25,27-28,31-38,53-54,63-64H,15-16,22,26,29-30H2;2*1H3,(H,3,4);;/t65-,66-;53-,54-;;;;/m00..../s1. The zero-order valence-electron chi connectivity index (χ0n) is 80.7. The van der Waals surface area contributed by atoms with E-state index in [0.29, 0.717) is 22.3 Å². The van der Waals surface area contributed by atoms with E-state index in [1.54, 1.807) is 0 Å². The second kappa shape index (κ2) is 45.7. The summed E-state index contributed by atoms with van der Waals surface area (Å²) >= 11 is 0. The number of nitrogens with zero attached hydrogens (tertiary/aromatic N) is 4. The van der Waals surface area contributed by atoms with E-state index in [2.05, 4.69) is 328 Å². The van der Waals surface area contributed by atoms with Crippen LogP contribution in [0.4, 0.5) is 0 Å². The number of phenols is 4. The van der Waals surface area contributed by atoms with E-state index in [4.69, 9.17) is 39.8 Å². The number of hydrogen-bond acceptors (Lipinski definition) is 10. The number of hydrogen-bond donors (Lipinski definition) is 6. The van der Waals surface area contributed by atoms with Gasteiger partial charge < -0.3 is 30.6 Å². The summed E-state index contributed by atoms with van der Waals surface area (Å²) in [7, 11) is 0. The fourth-order valence-corrected chi connectivity index (χ4v) is 21.1. The first-order chi connectivity index (χ1) is 70.7. The molecule has 0 heterocycles. The molecule has 0 spiro atoms. The van der Waals surface area contributed by atoms with Gasteiger partial charge in [0.15, 0.2) is 0 Å². The first-order valence-corrected chi connectivity index (χ1v) is 49.1. The molecule has 20 aromatic carbocycles. The molecule has 0 aromatic heterocycles. The van der Waals surface area contributed by atoms with Crippen LogP contribution in [0, 0.1) is 0 Å². The van der Waals surface area contributed by atoms with E-state index in [9.17, 15) is 20.4 Å². The van der Waals surface area contributed by atoms with Gasteiger partial charge in [0.1, 0.15) is 35.1 Å². The number of benzene rings is 20. The second-order valence-electron chi connectivity index (χ2n) is 36.8.